The van der Waals surface area contributed by atoms with Crippen molar-refractivity contribution in [3.05, 3.63) is 59.5 Å². The second-order valence-electron chi connectivity index (χ2n) is 5.35. The van der Waals surface area contributed by atoms with Crippen LogP contribution >= 0.6 is 11.3 Å². The van der Waals surface area contributed by atoms with Crippen molar-refractivity contribution in [1.29, 1.82) is 0 Å². The molecule has 6 N–H and O–H groups in total. The van der Waals surface area contributed by atoms with Gasteiger partial charge in [-0.1, -0.05) is 42.5 Å². The van der Waals surface area contributed by atoms with E-state index in [1.807, 2.05) is 42.5 Å². The van der Waals surface area contributed by atoms with Crippen LogP contribution in [0.4, 0.5) is 5.69 Å². The first-order valence-electron chi connectivity index (χ1n) is 7.60. The van der Waals surface area contributed by atoms with Crippen molar-refractivity contribution >= 4 is 28.9 Å². The molecule has 0 aliphatic carbocycles. The lowest BCUT2D eigenvalue weighted by atomic mass is 10.1. The van der Waals surface area contributed by atoms with Gasteiger partial charge in [0.05, 0.1) is 11.4 Å². The van der Waals surface area contributed by atoms with Gasteiger partial charge in [0.25, 0.3) is 0 Å². The lowest BCUT2D eigenvalue weighted by Gasteiger charge is -2.00. The molecule has 1 aromatic heterocycles. The standard InChI is InChI=1S/C18H18N6S/c1-11-15(12-6-3-2-4-7-12)23-16(25-11)13-8-5-9-14(10-13)22-18(21)24-17(19)20/h2-10H,1H3,(H6,19,20,21,22,24). The van der Waals surface area contributed by atoms with Crippen LogP contribution in [0.5, 0.6) is 0 Å². The van der Waals surface area contributed by atoms with Gasteiger partial charge in [-0.25, -0.2) is 9.98 Å². The normalized spacial score (nSPS) is 11.3. The maximum absolute atomic E-state index is 5.69. The summed E-state index contributed by atoms with van der Waals surface area (Å²) < 4.78 is 0. The first kappa shape index (κ1) is 16.7. The molecule has 2 aromatic carbocycles. The fraction of sp³-hybridized carbons (Fsp3) is 0.0556. The Morgan fingerprint density at radius 1 is 0.960 bits per heavy atom. The average molecular weight is 350 g/mol. The van der Waals surface area contributed by atoms with E-state index in [-0.39, 0.29) is 11.9 Å². The van der Waals surface area contributed by atoms with E-state index in [9.17, 15) is 0 Å². The number of thiazole rings is 1. The Labute approximate surface area is 149 Å². The molecular weight excluding hydrogens is 332 g/mol. The zero-order chi connectivity index (χ0) is 17.8. The average Bonchev–Trinajstić information content (AvgIpc) is 2.97. The minimum atomic E-state index is -0.125. The van der Waals surface area contributed by atoms with Gasteiger partial charge in [0.1, 0.15) is 5.01 Å². The number of aliphatic imine (C=N–C) groups is 2. The highest BCUT2D eigenvalue weighted by atomic mass is 32.1. The molecular formula is C18H18N6S. The molecule has 0 fully saturated rings. The second kappa shape index (κ2) is 7.14. The number of aromatic nitrogens is 1. The van der Waals surface area contributed by atoms with Crippen LogP contribution in [-0.4, -0.2) is 16.9 Å². The molecule has 0 aliphatic heterocycles. The zero-order valence-electron chi connectivity index (χ0n) is 13.7. The summed E-state index contributed by atoms with van der Waals surface area (Å²) in [6.07, 6.45) is 0. The topological polar surface area (TPSA) is 116 Å². The quantitative estimate of drug-likeness (QED) is 0.497. The largest absolute Gasteiger partial charge is 0.370 e. The van der Waals surface area contributed by atoms with Crippen molar-refractivity contribution in [2.24, 2.45) is 27.2 Å². The summed E-state index contributed by atoms with van der Waals surface area (Å²) in [6, 6.07) is 17.8. The van der Waals surface area contributed by atoms with E-state index in [1.165, 1.54) is 0 Å². The van der Waals surface area contributed by atoms with E-state index < -0.39 is 0 Å². The van der Waals surface area contributed by atoms with E-state index >= 15 is 0 Å². The van der Waals surface area contributed by atoms with Crippen molar-refractivity contribution in [3.8, 4) is 21.8 Å². The third kappa shape index (κ3) is 4.02. The molecule has 0 radical (unpaired) electrons. The van der Waals surface area contributed by atoms with E-state index in [4.69, 9.17) is 22.2 Å². The first-order chi connectivity index (χ1) is 12.0. The van der Waals surface area contributed by atoms with Crippen LogP contribution in [0.15, 0.2) is 64.6 Å². The molecule has 0 spiro atoms. The van der Waals surface area contributed by atoms with E-state index in [2.05, 4.69) is 29.0 Å². The molecule has 0 amide bonds. The van der Waals surface area contributed by atoms with E-state index in [0.717, 1.165) is 26.7 Å². The maximum atomic E-state index is 5.69. The summed E-state index contributed by atoms with van der Waals surface area (Å²) in [4.78, 5) is 13.9. The fourth-order valence-corrected chi connectivity index (χ4v) is 3.31. The summed E-state index contributed by atoms with van der Waals surface area (Å²) in [5.74, 6) is -0.113. The molecule has 0 saturated carbocycles. The molecule has 0 aliphatic rings. The molecule has 3 rings (SSSR count). The minimum Gasteiger partial charge on any atom is -0.370 e. The van der Waals surface area contributed by atoms with Crippen molar-refractivity contribution in [2.75, 3.05) is 0 Å². The Morgan fingerprint density at radius 3 is 2.40 bits per heavy atom. The predicted molar refractivity (Wildman–Crippen MR) is 105 cm³/mol. The number of guanidine groups is 2. The van der Waals surface area contributed by atoms with E-state index in [0.29, 0.717) is 5.69 Å². The van der Waals surface area contributed by atoms with Gasteiger partial charge in [0.2, 0.25) is 5.96 Å². The smallest absolute Gasteiger partial charge is 0.223 e. The molecule has 6 nitrogen and oxygen atoms in total. The molecule has 25 heavy (non-hydrogen) atoms. The lowest BCUT2D eigenvalue weighted by molar-refractivity contribution is 1.36. The highest BCUT2D eigenvalue weighted by Gasteiger charge is 2.11. The maximum Gasteiger partial charge on any atom is 0.223 e. The number of aryl methyl sites for hydroxylation is 1. The van der Waals surface area contributed by atoms with Gasteiger partial charge in [-0.2, -0.15) is 4.99 Å². The van der Waals surface area contributed by atoms with Gasteiger partial charge in [-0.3, -0.25) is 0 Å². The summed E-state index contributed by atoms with van der Waals surface area (Å²) >= 11 is 1.64. The summed E-state index contributed by atoms with van der Waals surface area (Å²) in [6.45, 7) is 2.07. The summed E-state index contributed by atoms with van der Waals surface area (Å²) in [5.41, 5.74) is 20.0. The number of benzene rings is 2. The lowest BCUT2D eigenvalue weighted by Crippen LogP contribution is -2.26. The monoisotopic (exact) mass is 350 g/mol. The molecule has 126 valence electrons. The Balaban J connectivity index is 1.96. The number of hydrogen-bond acceptors (Lipinski definition) is 3. The van der Waals surface area contributed by atoms with Gasteiger partial charge < -0.3 is 17.2 Å². The number of hydrogen-bond donors (Lipinski definition) is 3. The van der Waals surface area contributed by atoms with Crippen molar-refractivity contribution in [3.63, 3.8) is 0 Å². The molecule has 0 unspecified atom stereocenters. The molecule has 0 atom stereocenters. The van der Waals surface area contributed by atoms with Gasteiger partial charge in [-0.15, -0.1) is 11.3 Å². The van der Waals surface area contributed by atoms with Crippen LogP contribution in [0.3, 0.4) is 0 Å². The van der Waals surface area contributed by atoms with Crippen LogP contribution in [0.2, 0.25) is 0 Å². The minimum absolute atomic E-state index is 0.0115. The second-order valence-corrected chi connectivity index (χ2v) is 6.55. The summed E-state index contributed by atoms with van der Waals surface area (Å²) in [5, 5.41) is 0.925. The summed E-state index contributed by atoms with van der Waals surface area (Å²) in [7, 11) is 0. The van der Waals surface area contributed by atoms with Crippen molar-refractivity contribution < 1.29 is 0 Å². The SMILES string of the molecule is Cc1sc(-c2cccc(N=C(N)N=C(N)N)c2)nc1-c1ccccc1. The van der Waals surface area contributed by atoms with Crippen molar-refractivity contribution in [2.45, 2.75) is 6.92 Å². The Bertz CT molecular complexity index is 939. The highest BCUT2D eigenvalue weighted by Crippen LogP contribution is 2.34. The van der Waals surface area contributed by atoms with Crippen LogP contribution in [0.25, 0.3) is 21.8 Å². The highest BCUT2D eigenvalue weighted by molar-refractivity contribution is 7.15. The van der Waals surface area contributed by atoms with Gasteiger partial charge in [0.15, 0.2) is 5.96 Å². The van der Waals surface area contributed by atoms with Crippen LogP contribution in [0.1, 0.15) is 4.88 Å². The molecule has 7 heteroatoms. The predicted octanol–water partition coefficient (Wildman–Crippen LogP) is 3.01. The van der Waals surface area contributed by atoms with Crippen LogP contribution in [0, 0.1) is 6.92 Å². The molecule has 0 bridgehead atoms. The van der Waals surface area contributed by atoms with Crippen LogP contribution < -0.4 is 17.2 Å². The number of nitrogens with zero attached hydrogens (tertiary/aromatic N) is 3. The van der Waals surface area contributed by atoms with Gasteiger partial charge in [-0.05, 0) is 19.1 Å². The Kier molecular flexibility index (Phi) is 4.76. The zero-order valence-corrected chi connectivity index (χ0v) is 14.5. The molecule has 1 heterocycles. The van der Waals surface area contributed by atoms with E-state index in [1.54, 1.807) is 11.3 Å². The first-order valence-corrected chi connectivity index (χ1v) is 8.41. The van der Waals surface area contributed by atoms with Crippen molar-refractivity contribution in [1.82, 2.24) is 4.98 Å². The Morgan fingerprint density at radius 2 is 1.68 bits per heavy atom. The third-order valence-electron chi connectivity index (χ3n) is 3.42. The van der Waals surface area contributed by atoms with Gasteiger partial charge >= 0.3 is 0 Å². The number of rotatable bonds is 3. The number of nitrogens with two attached hydrogens (primary N) is 3. The van der Waals surface area contributed by atoms with Gasteiger partial charge in [0, 0.05) is 16.0 Å². The van der Waals surface area contributed by atoms with Crippen LogP contribution in [-0.2, 0) is 0 Å². The Hall–Kier alpha value is -3.19. The molecule has 3 aromatic rings. The third-order valence-corrected chi connectivity index (χ3v) is 4.44. The fourth-order valence-electron chi connectivity index (χ4n) is 2.38. The molecule has 0 saturated heterocycles.